The zero-order chi connectivity index (χ0) is 23.8. The standard InChI is InChI=1S/C22H24F2N4O5/c1-28-20(29)15-6-13(10-30-2)32-11-22(15,27-21(28)25)14-8-18(17(24)9-16(14)23)33-19-7-12(31-3)4-5-26-19/h4-5,7-9,13,15H,6,10-11H2,1-3H3,(H2,25,27)/t13-,15+,22-/m1/s1. The van der Waals surface area contributed by atoms with Crippen molar-refractivity contribution in [3.63, 3.8) is 0 Å². The number of aromatic nitrogens is 1. The summed E-state index contributed by atoms with van der Waals surface area (Å²) in [6.45, 7) is 0.107. The molecule has 2 aromatic rings. The number of fused-ring (bicyclic) bond motifs is 1. The molecule has 2 aliphatic rings. The van der Waals surface area contributed by atoms with Gasteiger partial charge < -0.3 is 24.7 Å². The molecule has 2 aliphatic heterocycles. The Morgan fingerprint density at radius 2 is 2.06 bits per heavy atom. The molecule has 1 aromatic heterocycles. The van der Waals surface area contributed by atoms with Gasteiger partial charge in [0.05, 0.1) is 32.3 Å². The quantitative estimate of drug-likeness (QED) is 0.701. The maximum Gasteiger partial charge on any atom is 0.235 e. The van der Waals surface area contributed by atoms with Gasteiger partial charge in [-0.1, -0.05) is 0 Å². The van der Waals surface area contributed by atoms with Crippen molar-refractivity contribution in [1.29, 1.82) is 0 Å². The van der Waals surface area contributed by atoms with Gasteiger partial charge in [0.2, 0.25) is 11.8 Å². The number of nitrogens with two attached hydrogens (primary N) is 1. The summed E-state index contributed by atoms with van der Waals surface area (Å²) in [5.41, 5.74) is 4.43. The molecule has 0 aliphatic carbocycles. The molecule has 9 nitrogen and oxygen atoms in total. The second-order valence-electron chi connectivity index (χ2n) is 7.87. The summed E-state index contributed by atoms with van der Waals surface area (Å²) >= 11 is 0. The van der Waals surface area contributed by atoms with E-state index in [1.165, 1.54) is 44.5 Å². The number of amides is 1. The number of carbonyl (C=O) groups is 1. The first-order valence-corrected chi connectivity index (χ1v) is 10.2. The fourth-order valence-electron chi connectivity index (χ4n) is 4.17. The molecule has 3 heterocycles. The molecule has 1 amide bonds. The number of rotatable bonds is 6. The van der Waals surface area contributed by atoms with E-state index in [0.29, 0.717) is 11.8 Å². The molecule has 0 saturated carbocycles. The van der Waals surface area contributed by atoms with Gasteiger partial charge in [0, 0.05) is 38.1 Å². The predicted molar refractivity (Wildman–Crippen MR) is 113 cm³/mol. The van der Waals surface area contributed by atoms with E-state index in [1.54, 1.807) is 6.07 Å². The van der Waals surface area contributed by atoms with Crippen LogP contribution in [0.3, 0.4) is 0 Å². The van der Waals surface area contributed by atoms with Crippen molar-refractivity contribution in [2.75, 3.05) is 34.5 Å². The topological polar surface area (TPSA) is 109 Å². The van der Waals surface area contributed by atoms with Gasteiger partial charge in [0.1, 0.15) is 17.1 Å². The number of hydrogen-bond donors (Lipinski definition) is 1. The highest BCUT2D eigenvalue weighted by atomic mass is 19.1. The lowest BCUT2D eigenvalue weighted by Crippen LogP contribution is -2.60. The molecule has 2 N–H and O–H groups in total. The number of aliphatic imine (C=N–C) groups is 1. The number of nitrogens with zero attached hydrogens (tertiary/aromatic N) is 3. The van der Waals surface area contributed by atoms with Crippen LogP contribution in [0.15, 0.2) is 35.5 Å². The summed E-state index contributed by atoms with van der Waals surface area (Å²) in [7, 11) is 4.48. The van der Waals surface area contributed by atoms with Gasteiger partial charge in [-0.05, 0) is 18.6 Å². The number of benzene rings is 1. The minimum atomic E-state index is -1.49. The Labute approximate surface area is 189 Å². The van der Waals surface area contributed by atoms with Gasteiger partial charge in [-0.15, -0.1) is 0 Å². The zero-order valence-electron chi connectivity index (χ0n) is 18.4. The zero-order valence-corrected chi connectivity index (χ0v) is 18.4. The van der Waals surface area contributed by atoms with Crippen LogP contribution in [0.1, 0.15) is 12.0 Å². The molecular weight excluding hydrogens is 438 g/mol. The van der Waals surface area contributed by atoms with Crippen molar-refractivity contribution in [3.8, 4) is 17.4 Å². The van der Waals surface area contributed by atoms with E-state index in [-0.39, 0.29) is 54.8 Å². The lowest BCUT2D eigenvalue weighted by atomic mass is 9.72. The van der Waals surface area contributed by atoms with Gasteiger partial charge in [-0.2, -0.15) is 0 Å². The van der Waals surface area contributed by atoms with Crippen LogP contribution in [0, 0.1) is 17.6 Å². The number of guanidine groups is 1. The van der Waals surface area contributed by atoms with E-state index in [9.17, 15) is 9.18 Å². The molecule has 1 aromatic carbocycles. The summed E-state index contributed by atoms with van der Waals surface area (Å²) < 4.78 is 51.6. The first kappa shape index (κ1) is 22.9. The third-order valence-electron chi connectivity index (χ3n) is 5.90. The third kappa shape index (κ3) is 4.09. The summed E-state index contributed by atoms with van der Waals surface area (Å²) in [6, 6.07) is 4.92. The molecule has 3 atom stereocenters. The SMILES string of the molecule is COC[C@H]1C[C@H]2C(=O)N(C)C(N)=N[C@@]2(c2cc(Oc3cc(OC)ccn3)c(F)cc2F)CO1. The Morgan fingerprint density at radius 1 is 1.27 bits per heavy atom. The highest BCUT2D eigenvalue weighted by Gasteiger charge is 2.54. The summed E-state index contributed by atoms with van der Waals surface area (Å²) in [6.07, 6.45) is 1.26. The van der Waals surface area contributed by atoms with Gasteiger partial charge in [-0.3, -0.25) is 9.69 Å². The largest absolute Gasteiger partial charge is 0.497 e. The maximum absolute atomic E-state index is 15.2. The molecule has 0 unspecified atom stereocenters. The van der Waals surface area contributed by atoms with Gasteiger partial charge >= 0.3 is 0 Å². The summed E-state index contributed by atoms with van der Waals surface area (Å²) in [5.74, 6) is -2.87. The molecule has 11 heteroatoms. The smallest absolute Gasteiger partial charge is 0.235 e. The van der Waals surface area contributed by atoms with Crippen molar-refractivity contribution in [3.05, 3.63) is 47.7 Å². The van der Waals surface area contributed by atoms with Crippen LogP contribution in [-0.2, 0) is 19.8 Å². The fraction of sp³-hybridized carbons (Fsp3) is 0.409. The summed E-state index contributed by atoms with van der Waals surface area (Å²) in [4.78, 5) is 22.9. The van der Waals surface area contributed by atoms with Crippen LogP contribution in [0.25, 0.3) is 0 Å². The van der Waals surface area contributed by atoms with Gasteiger partial charge in [-0.25, -0.2) is 18.8 Å². The molecule has 176 valence electrons. The molecule has 0 spiro atoms. The number of hydrogen-bond acceptors (Lipinski definition) is 8. The fourth-order valence-corrected chi connectivity index (χ4v) is 4.17. The van der Waals surface area contributed by atoms with E-state index in [4.69, 9.17) is 24.7 Å². The van der Waals surface area contributed by atoms with E-state index in [0.717, 1.165) is 0 Å². The van der Waals surface area contributed by atoms with Crippen LogP contribution in [0.4, 0.5) is 8.78 Å². The molecular formula is C22H24F2N4O5. The Bertz CT molecular complexity index is 1100. The van der Waals surface area contributed by atoms with Crippen LogP contribution in [0.5, 0.6) is 17.4 Å². The average Bonchev–Trinajstić information content (AvgIpc) is 2.80. The summed E-state index contributed by atoms with van der Waals surface area (Å²) in [5, 5.41) is 0. The van der Waals surface area contributed by atoms with Gasteiger partial charge in [0.15, 0.2) is 17.5 Å². The first-order chi connectivity index (χ1) is 15.8. The van der Waals surface area contributed by atoms with Crippen molar-refractivity contribution in [2.45, 2.75) is 18.1 Å². The normalized spacial score (nSPS) is 24.8. The lowest BCUT2D eigenvalue weighted by Gasteiger charge is -2.47. The third-order valence-corrected chi connectivity index (χ3v) is 5.90. The van der Waals surface area contributed by atoms with Gasteiger partial charge in [0.25, 0.3) is 0 Å². The number of pyridine rings is 1. The first-order valence-electron chi connectivity index (χ1n) is 10.2. The lowest BCUT2D eigenvalue weighted by molar-refractivity contribution is -0.148. The Kier molecular flexibility index (Phi) is 6.17. The van der Waals surface area contributed by atoms with E-state index in [2.05, 4.69) is 9.98 Å². The Hall–Kier alpha value is -3.31. The molecule has 33 heavy (non-hydrogen) atoms. The van der Waals surface area contributed by atoms with Crippen molar-refractivity contribution < 1.29 is 32.5 Å². The highest BCUT2D eigenvalue weighted by molar-refractivity contribution is 6.00. The van der Waals surface area contributed by atoms with Crippen molar-refractivity contribution in [2.24, 2.45) is 16.6 Å². The average molecular weight is 462 g/mol. The van der Waals surface area contributed by atoms with Crippen LogP contribution >= 0.6 is 0 Å². The maximum atomic E-state index is 15.2. The van der Waals surface area contributed by atoms with Crippen molar-refractivity contribution >= 4 is 11.9 Å². The Balaban J connectivity index is 1.80. The predicted octanol–water partition coefficient (Wildman–Crippen LogP) is 2.19. The van der Waals surface area contributed by atoms with E-state index >= 15 is 4.39 Å². The minimum Gasteiger partial charge on any atom is -0.497 e. The van der Waals surface area contributed by atoms with Crippen LogP contribution in [-0.4, -0.2) is 62.3 Å². The number of ether oxygens (including phenoxy) is 4. The Morgan fingerprint density at radius 3 is 2.79 bits per heavy atom. The molecule has 1 saturated heterocycles. The monoisotopic (exact) mass is 462 g/mol. The molecule has 0 radical (unpaired) electrons. The minimum absolute atomic E-state index is 0.0439. The second kappa shape index (κ2) is 8.91. The molecule has 4 rings (SSSR count). The number of halogens is 2. The number of methoxy groups -OCH3 is 2. The molecule has 0 bridgehead atoms. The number of carbonyl (C=O) groups excluding carboxylic acids is 1. The van der Waals surface area contributed by atoms with E-state index in [1.807, 2.05) is 0 Å². The van der Waals surface area contributed by atoms with Crippen molar-refractivity contribution in [1.82, 2.24) is 9.88 Å². The van der Waals surface area contributed by atoms with Crippen LogP contribution in [0.2, 0.25) is 0 Å². The van der Waals surface area contributed by atoms with Crippen LogP contribution < -0.4 is 15.2 Å². The highest BCUT2D eigenvalue weighted by Crippen LogP contribution is 2.46. The second-order valence-corrected chi connectivity index (χ2v) is 7.87. The van der Waals surface area contributed by atoms with E-state index < -0.39 is 23.1 Å². The molecule has 1 fully saturated rings.